The topological polar surface area (TPSA) is 69.8 Å². The Kier molecular flexibility index (Phi) is 4.91. The lowest BCUT2D eigenvalue weighted by Gasteiger charge is -2.28. The Morgan fingerprint density at radius 3 is 2.59 bits per heavy atom. The van der Waals surface area contributed by atoms with Crippen molar-refractivity contribution in [3.05, 3.63) is 0 Å². The van der Waals surface area contributed by atoms with Crippen molar-refractivity contribution >= 4 is 5.97 Å². The average Bonchev–Trinajstić information content (AvgIpc) is 2.67. The number of carboxylic acid groups (broad SMARTS) is 1. The van der Waals surface area contributed by atoms with E-state index >= 15 is 0 Å². The molecule has 100 valence electrons. The van der Waals surface area contributed by atoms with Crippen molar-refractivity contribution < 1.29 is 9.90 Å². The molecule has 2 unspecified atom stereocenters. The van der Waals surface area contributed by atoms with Gasteiger partial charge in [0.15, 0.2) is 0 Å². The van der Waals surface area contributed by atoms with E-state index in [0.717, 1.165) is 32.6 Å². The second kappa shape index (κ2) is 5.80. The molecule has 0 spiro atoms. The number of nitrogens with two attached hydrogens (primary N) is 1. The SMILES string of the molecule is CCN(CC)C1CCN(CC(C)(N)C(=O)O)C1. The molecule has 0 radical (unpaired) electrons. The summed E-state index contributed by atoms with van der Waals surface area (Å²) in [4.78, 5) is 15.6. The first-order chi connectivity index (χ1) is 7.90. The van der Waals surface area contributed by atoms with Crippen molar-refractivity contribution in [2.45, 2.75) is 38.8 Å². The van der Waals surface area contributed by atoms with Gasteiger partial charge in [-0.05, 0) is 33.0 Å². The summed E-state index contributed by atoms with van der Waals surface area (Å²) >= 11 is 0. The summed E-state index contributed by atoms with van der Waals surface area (Å²) in [5, 5.41) is 9.01. The zero-order valence-corrected chi connectivity index (χ0v) is 11.1. The Bertz CT molecular complexity index is 264. The van der Waals surface area contributed by atoms with E-state index in [1.165, 1.54) is 0 Å². The fourth-order valence-corrected chi connectivity index (χ4v) is 2.53. The molecule has 5 heteroatoms. The van der Waals surface area contributed by atoms with E-state index in [-0.39, 0.29) is 0 Å². The lowest BCUT2D eigenvalue weighted by Crippen LogP contribution is -2.53. The molecule has 1 heterocycles. The van der Waals surface area contributed by atoms with Gasteiger partial charge in [0.1, 0.15) is 5.54 Å². The van der Waals surface area contributed by atoms with Gasteiger partial charge in [-0.25, -0.2) is 0 Å². The lowest BCUT2D eigenvalue weighted by molar-refractivity contribution is -0.143. The van der Waals surface area contributed by atoms with Crippen LogP contribution < -0.4 is 5.73 Å². The highest BCUT2D eigenvalue weighted by atomic mass is 16.4. The molecular weight excluding hydrogens is 218 g/mol. The summed E-state index contributed by atoms with van der Waals surface area (Å²) in [5.41, 5.74) is 4.63. The summed E-state index contributed by atoms with van der Waals surface area (Å²) in [6, 6.07) is 0.551. The molecule has 17 heavy (non-hydrogen) atoms. The Morgan fingerprint density at radius 1 is 1.53 bits per heavy atom. The maximum absolute atomic E-state index is 11.0. The molecule has 0 aliphatic carbocycles. The minimum absolute atomic E-state index is 0.431. The smallest absolute Gasteiger partial charge is 0.324 e. The molecule has 3 N–H and O–H groups in total. The Hall–Kier alpha value is -0.650. The maximum atomic E-state index is 11.0. The van der Waals surface area contributed by atoms with Gasteiger partial charge in [0.2, 0.25) is 0 Å². The van der Waals surface area contributed by atoms with Crippen LogP contribution in [-0.2, 0) is 4.79 Å². The van der Waals surface area contributed by atoms with Gasteiger partial charge in [0.05, 0.1) is 0 Å². The van der Waals surface area contributed by atoms with E-state index in [0.29, 0.717) is 12.6 Å². The van der Waals surface area contributed by atoms with Gasteiger partial charge in [0, 0.05) is 19.1 Å². The molecule has 1 aliphatic rings. The van der Waals surface area contributed by atoms with Crippen LogP contribution in [0.5, 0.6) is 0 Å². The lowest BCUT2D eigenvalue weighted by atomic mass is 10.0. The molecule has 0 amide bonds. The highest BCUT2D eigenvalue weighted by molar-refractivity contribution is 5.78. The third-order valence-corrected chi connectivity index (χ3v) is 3.62. The van der Waals surface area contributed by atoms with Crippen LogP contribution in [0.25, 0.3) is 0 Å². The summed E-state index contributed by atoms with van der Waals surface area (Å²) in [6.07, 6.45) is 1.11. The first-order valence-corrected chi connectivity index (χ1v) is 6.39. The van der Waals surface area contributed by atoms with Crippen molar-refractivity contribution in [3.8, 4) is 0 Å². The number of rotatable bonds is 6. The predicted molar refractivity (Wildman–Crippen MR) is 68.0 cm³/mol. The number of hydrogen-bond donors (Lipinski definition) is 2. The summed E-state index contributed by atoms with van der Waals surface area (Å²) in [6.45, 7) is 10.3. The zero-order chi connectivity index (χ0) is 13.1. The second-order valence-electron chi connectivity index (χ2n) is 5.12. The standard InChI is InChI=1S/C12H25N3O2/c1-4-15(5-2)10-6-7-14(8-10)9-12(3,13)11(16)17/h10H,4-9,13H2,1-3H3,(H,16,17). The van der Waals surface area contributed by atoms with Gasteiger partial charge in [-0.2, -0.15) is 0 Å². The Labute approximate surface area is 104 Å². The number of hydrogen-bond acceptors (Lipinski definition) is 4. The minimum Gasteiger partial charge on any atom is -0.480 e. The molecule has 1 aliphatic heterocycles. The number of likely N-dealkylation sites (tertiary alicyclic amines) is 1. The molecule has 1 rings (SSSR count). The van der Waals surface area contributed by atoms with Crippen LogP contribution in [0.4, 0.5) is 0 Å². The molecule has 0 aromatic rings. The van der Waals surface area contributed by atoms with Crippen LogP contribution in [0.3, 0.4) is 0 Å². The van der Waals surface area contributed by atoms with Crippen LogP contribution in [0.1, 0.15) is 27.2 Å². The summed E-state index contributed by atoms with van der Waals surface area (Å²) < 4.78 is 0. The normalized spacial score (nSPS) is 25.1. The van der Waals surface area contributed by atoms with Gasteiger partial charge in [-0.15, -0.1) is 0 Å². The van der Waals surface area contributed by atoms with Crippen LogP contribution in [0.15, 0.2) is 0 Å². The van der Waals surface area contributed by atoms with Crippen LogP contribution in [0.2, 0.25) is 0 Å². The van der Waals surface area contributed by atoms with Crippen LogP contribution in [0, 0.1) is 0 Å². The molecule has 0 aromatic heterocycles. The highest BCUT2D eigenvalue weighted by Gasteiger charge is 2.34. The summed E-state index contributed by atoms with van der Waals surface area (Å²) in [7, 11) is 0. The van der Waals surface area contributed by atoms with E-state index in [2.05, 4.69) is 23.6 Å². The predicted octanol–water partition coefficient (Wildman–Crippen LogP) is 0.205. The number of aliphatic carboxylic acids is 1. The quantitative estimate of drug-likeness (QED) is 0.697. The van der Waals surface area contributed by atoms with E-state index in [4.69, 9.17) is 10.8 Å². The highest BCUT2D eigenvalue weighted by Crippen LogP contribution is 2.17. The third-order valence-electron chi connectivity index (χ3n) is 3.62. The van der Waals surface area contributed by atoms with E-state index in [1.807, 2.05) is 0 Å². The van der Waals surface area contributed by atoms with Crippen molar-refractivity contribution in [2.75, 3.05) is 32.7 Å². The van der Waals surface area contributed by atoms with Crippen LogP contribution in [-0.4, -0.2) is 65.2 Å². The molecule has 0 aromatic carbocycles. The average molecular weight is 243 g/mol. The monoisotopic (exact) mass is 243 g/mol. The van der Waals surface area contributed by atoms with Crippen molar-refractivity contribution in [2.24, 2.45) is 5.73 Å². The summed E-state index contributed by atoms with van der Waals surface area (Å²) in [5.74, 6) is -0.927. The Balaban J connectivity index is 2.48. The van der Waals surface area contributed by atoms with Gasteiger partial charge < -0.3 is 10.8 Å². The van der Waals surface area contributed by atoms with E-state index in [9.17, 15) is 4.79 Å². The number of nitrogens with zero attached hydrogens (tertiary/aromatic N) is 2. The Morgan fingerprint density at radius 2 is 2.12 bits per heavy atom. The zero-order valence-electron chi connectivity index (χ0n) is 11.1. The van der Waals surface area contributed by atoms with Crippen molar-refractivity contribution in [1.29, 1.82) is 0 Å². The molecule has 2 atom stereocenters. The molecule has 5 nitrogen and oxygen atoms in total. The fourth-order valence-electron chi connectivity index (χ4n) is 2.53. The first-order valence-electron chi connectivity index (χ1n) is 6.39. The van der Waals surface area contributed by atoms with Crippen molar-refractivity contribution in [1.82, 2.24) is 9.80 Å². The minimum atomic E-state index is -1.14. The van der Waals surface area contributed by atoms with Gasteiger partial charge in [-0.1, -0.05) is 13.8 Å². The number of carbonyl (C=O) groups is 1. The second-order valence-corrected chi connectivity index (χ2v) is 5.12. The molecule has 0 saturated carbocycles. The van der Waals surface area contributed by atoms with Crippen LogP contribution >= 0.6 is 0 Å². The molecule has 0 bridgehead atoms. The van der Waals surface area contributed by atoms with E-state index in [1.54, 1.807) is 6.92 Å². The molecule has 1 fully saturated rings. The van der Waals surface area contributed by atoms with Gasteiger partial charge in [-0.3, -0.25) is 14.6 Å². The fraction of sp³-hybridized carbons (Fsp3) is 0.917. The molecular formula is C12H25N3O2. The van der Waals surface area contributed by atoms with Crippen molar-refractivity contribution in [3.63, 3.8) is 0 Å². The first kappa shape index (κ1) is 14.4. The third kappa shape index (κ3) is 3.66. The largest absolute Gasteiger partial charge is 0.480 e. The molecule has 1 saturated heterocycles. The number of carboxylic acids is 1. The van der Waals surface area contributed by atoms with Gasteiger partial charge >= 0.3 is 5.97 Å². The van der Waals surface area contributed by atoms with Gasteiger partial charge in [0.25, 0.3) is 0 Å². The van der Waals surface area contributed by atoms with E-state index < -0.39 is 11.5 Å². The maximum Gasteiger partial charge on any atom is 0.324 e. The number of likely N-dealkylation sites (N-methyl/N-ethyl adjacent to an activating group) is 1.